The fourth-order valence-electron chi connectivity index (χ4n) is 2.32. The van der Waals surface area contributed by atoms with Crippen molar-refractivity contribution in [3.05, 3.63) is 0 Å². The van der Waals surface area contributed by atoms with Gasteiger partial charge in [-0.25, -0.2) is 0 Å². The highest BCUT2D eigenvalue weighted by Crippen LogP contribution is 2.55. The zero-order chi connectivity index (χ0) is 9.03. The molecule has 0 heterocycles. The lowest BCUT2D eigenvalue weighted by Crippen LogP contribution is -1.96. The topological polar surface area (TPSA) is 0 Å². The predicted octanol–water partition coefficient (Wildman–Crippen LogP) is 4.39. The minimum absolute atomic E-state index is 0.894. The van der Waals surface area contributed by atoms with Crippen molar-refractivity contribution in [2.24, 2.45) is 11.3 Å². The summed E-state index contributed by atoms with van der Waals surface area (Å²) < 4.78 is 0. The van der Waals surface area contributed by atoms with Crippen molar-refractivity contribution in [1.29, 1.82) is 0 Å². The molecule has 0 aromatic carbocycles. The van der Waals surface area contributed by atoms with Crippen molar-refractivity contribution >= 4 is 0 Å². The quantitative estimate of drug-likeness (QED) is 0.503. The van der Waals surface area contributed by atoms with E-state index in [0.29, 0.717) is 0 Å². The molecule has 12 heavy (non-hydrogen) atoms. The molecule has 0 aliphatic heterocycles. The van der Waals surface area contributed by atoms with Gasteiger partial charge < -0.3 is 0 Å². The fraction of sp³-hybridized carbons (Fsp3) is 1.00. The van der Waals surface area contributed by atoms with Gasteiger partial charge in [0.05, 0.1) is 0 Å². The normalized spacial score (nSPS) is 31.8. The molecule has 0 aromatic heterocycles. The van der Waals surface area contributed by atoms with Crippen LogP contribution in [0.1, 0.15) is 65.7 Å². The van der Waals surface area contributed by atoms with E-state index in [2.05, 4.69) is 6.92 Å². The van der Waals surface area contributed by atoms with E-state index in [1.807, 2.05) is 13.8 Å². The number of rotatable bonds is 0. The molecule has 0 aromatic rings. The van der Waals surface area contributed by atoms with Crippen LogP contribution in [0.2, 0.25) is 0 Å². The molecule has 0 saturated heterocycles. The Morgan fingerprint density at radius 1 is 0.917 bits per heavy atom. The Kier molecular flexibility index (Phi) is 3.61. The summed E-state index contributed by atoms with van der Waals surface area (Å²) in [5.74, 6) is 1.03. The van der Waals surface area contributed by atoms with E-state index < -0.39 is 0 Å². The molecule has 0 amide bonds. The van der Waals surface area contributed by atoms with Crippen LogP contribution in [0.5, 0.6) is 0 Å². The van der Waals surface area contributed by atoms with Gasteiger partial charge in [0.25, 0.3) is 0 Å². The number of hydrogen-bond donors (Lipinski definition) is 0. The van der Waals surface area contributed by atoms with Crippen LogP contribution in [0.15, 0.2) is 0 Å². The van der Waals surface area contributed by atoms with Crippen LogP contribution in [-0.2, 0) is 0 Å². The maximum Gasteiger partial charge on any atom is -0.0297 e. The van der Waals surface area contributed by atoms with Gasteiger partial charge in [-0.1, -0.05) is 40.0 Å². The summed E-state index contributed by atoms with van der Waals surface area (Å²) in [7, 11) is 0. The van der Waals surface area contributed by atoms with Crippen molar-refractivity contribution < 1.29 is 0 Å². The first-order valence-electron chi connectivity index (χ1n) is 5.81. The SMILES string of the molecule is CC.CC1CCCC2(CC1)CC2. The first-order chi connectivity index (χ1) is 5.81. The molecule has 0 heteroatoms. The van der Waals surface area contributed by atoms with E-state index in [1.54, 1.807) is 25.7 Å². The van der Waals surface area contributed by atoms with Crippen molar-refractivity contribution in [1.82, 2.24) is 0 Å². The standard InChI is InChI=1S/C10H18.C2H6/c1-9-3-2-5-10(6-4-9)7-8-10;1-2/h9H,2-8H2,1H3;1-2H3. The average Bonchev–Trinajstić information content (AvgIpc) is 2.88. The van der Waals surface area contributed by atoms with Crippen LogP contribution in [-0.4, -0.2) is 0 Å². The minimum Gasteiger partial charge on any atom is -0.0683 e. The predicted molar refractivity (Wildman–Crippen MR) is 55.3 cm³/mol. The molecule has 72 valence electrons. The maximum atomic E-state index is 2.42. The van der Waals surface area contributed by atoms with Crippen LogP contribution < -0.4 is 0 Å². The van der Waals surface area contributed by atoms with E-state index >= 15 is 0 Å². The Morgan fingerprint density at radius 2 is 1.58 bits per heavy atom. The highest BCUT2D eigenvalue weighted by molar-refractivity contribution is 4.94. The second-order valence-corrected chi connectivity index (χ2v) is 4.54. The summed E-state index contributed by atoms with van der Waals surface area (Å²) in [4.78, 5) is 0. The van der Waals surface area contributed by atoms with Gasteiger partial charge in [0.2, 0.25) is 0 Å². The van der Waals surface area contributed by atoms with Crippen LogP contribution >= 0.6 is 0 Å². The molecule has 2 aliphatic carbocycles. The summed E-state index contributed by atoms with van der Waals surface area (Å²) in [5.41, 5.74) is 0.894. The molecule has 0 nitrogen and oxygen atoms in total. The van der Waals surface area contributed by atoms with Crippen LogP contribution in [0, 0.1) is 11.3 Å². The third-order valence-electron chi connectivity index (χ3n) is 3.53. The second kappa shape index (κ2) is 4.30. The van der Waals surface area contributed by atoms with E-state index in [-0.39, 0.29) is 0 Å². The molecule has 0 N–H and O–H groups in total. The summed E-state index contributed by atoms with van der Waals surface area (Å²) in [6.45, 7) is 6.42. The minimum atomic E-state index is 0.894. The molecule has 0 bridgehead atoms. The highest BCUT2D eigenvalue weighted by Gasteiger charge is 2.42. The number of hydrogen-bond acceptors (Lipinski definition) is 0. The van der Waals surface area contributed by atoms with Gasteiger partial charge in [0.1, 0.15) is 0 Å². The Hall–Kier alpha value is 0. The molecule has 2 rings (SSSR count). The molecule has 1 unspecified atom stereocenters. The summed E-state index contributed by atoms with van der Waals surface area (Å²) in [5, 5.41) is 0. The van der Waals surface area contributed by atoms with Gasteiger partial charge >= 0.3 is 0 Å². The third kappa shape index (κ3) is 2.50. The van der Waals surface area contributed by atoms with Crippen molar-refractivity contribution in [2.45, 2.75) is 65.7 Å². The molecule has 2 saturated carbocycles. The van der Waals surface area contributed by atoms with Crippen LogP contribution in [0.3, 0.4) is 0 Å². The lowest BCUT2D eigenvalue weighted by Gasteiger charge is -2.09. The molecule has 2 aliphatic rings. The largest absolute Gasteiger partial charge is 0.0683 e. The van der Waals surface area contributed by atoms with Crippen LogP contribution in [0.4, 0.5) is 0 Å². The fourth-order valence-corrected chi connectivity index (χ4v) is 2.32. The van der Waals surface area contributed by atoms with Gasteiger partial charge in [-0.3, -0.25) is 0 Å². The van der Waals surface area contributed by atoms with E-state index in [1.165, 1.54) is 19.3 Å². The van der Waals surface area contributed by atoms with Gasteiger partial charge in [-0.15, -0.1) is 0 Å². The van der Waals surface area contributed by atoms with E-state index in [0.717, 1.165) is 11.3 Å². The van der Waals surface area contributed by atoms with Gasteiger partial charge in [0, 0.05) is 0 Å². The summed E-state index contributed by atoms with van der Waals surface area (Å²) in [6, 6.07) is 0. The third-order valence-corrected chi connectivity index (χ3v) is 3.53. The van der Waals surface area contributed by atoms with Crippen LogP contribution in [0.25, 0.3) is 0 Å². The van der Waals surface area contributed by atoms with Gasteiger partial charge in [0.15, 0.2) is 0 Å². The first-order valence-corrected chi connectivity index (χ1v) is 5.81. The maximum absolute atomic E-state index is 2.42. The summed E-state index contributed by atoms with van der Waals surface area (Å²) >= 11 is 0. The van der Waals surface area contributed by atoms with Crippen molar-refractivity contribution in [2.75, 3.05) is 0 Å². The molecular formula is C12H24. The van der Waals surface area contributed by atoms with Gasteiger partial charge in [-0.05, 0) is 37.0 Å². The lowest BCUT2D eigenvalue weighted by atomic mass is 9.96. The second-order valence-electron chi connectivity index (χ2n) is 4.54. The smallest absolute Gasteiger partial charge is 0.0297 e. The van der Waals surface area contributed by atoms with Crippen molar-refractivity contribution in [3.63, 3.8) is 0 Å². The van der Waals surface area contributed by atoms with E-state index in [4.69, 9.17) is 0 Å². The molecule has 0 radical (unpaired) electrons. The molecule has 1 spiro atoms. The first kappa shape index (κ1) is 10.1. The Balaban J connectivity index is 0.000000336. The zero-order valence-electron chi connectivity index (χ0n) is 9.03. The Labute approximate surface area is 77.7 Å². The Morgan fingerprint density at radius 3 is 2.17 bits per heavy atom. The summed E-state index contributed by atoms with van der Waals surface area (Å²) in [6.07, 6.45) is 10.7. The zero-order valence-corrected chi connectivity index (χ0v) is 9.03. The Bertz CT molecular complexity index is 122. The highest BCUT2D eigenvalue weighted by atomic mass is 14.5. The average molecular weight is 168 g/mol. The molecule has 1 atom stereocenters. The van der Waals surface area contributed by atoms with Gasteiger partial charge in [-0.2, -0.15) is 0 Å². The van der Waals surface area contributed by atoms with Crippen molar-refractivity contribution in [3.8, 4) is 0 Å². The molecular weight excluding hydrogens is 144 g/mol. The molecule has 2 fully saturated rings. The lowest BCUT2D eigenvalue weighted by molar-refractivity contribution is 0.427. The van der Waals surface area contributed by atoms with E-state index in [9.17, 15) is 0 Å². The monoisotopic (exact) mass is 168 g/mol.